The zero-order valence-electron chi connectivity index (χ0n) is 10.8. The molecule has 0 amide bonds. The average molecular weight is 237 g/mol. The van der Waals surface area contributed by atoms with Gasteiger partial charge in [-0.05, 0) is 31.0 Å². The minimum atomic E-state index is 0.162. The van der Waals surface area contributed by atoms with Gasteiger partial charge in [0.1, 0.15) is 5.75 Å². The first-order chi connectivity index (χ1) is 8.24. The van der Waals surface area contributed by atoms with Gasteiger partial charge < -0.3 is 15.2 Å². The second kappa shape index (κ2) is 8.09. The highest BCUT2D eigenvalue weighted by Crippen LogP contribution is 2.18. The Balaban J connectivity index is 2.30. The summed E-state index contributed by atoms with van der Waals surface area (Å²) in [7, 11) is 0. The van der Waals surface area contributed by atoms with Crippen LogP contribution in [0.4, 0.5) is 0 Å². The standard InChI is InChI=1S/C14H23NO2/c1-12(2)15-9-5-11-17-14-7-4-3-6-13(14)8-10-16/h3-4,6-7,12,15-16H,5,8-11H2,1-2H3. The molecule has 0 spiro atoms. The minimum Gasteiger partial charge on any atom is -0.493 e. The number of hydrogen-bond donors (Lipinski definition) is 2. The summed E-state index contributed by atoms with van der Waals surface area (Å²) in [6.45, 7) is 6.12. The predicted molar refractivity (Wildman–Crippen MR) is 70.5 cm³/mol. The van der Waals surface area contributed by atoms with E-state index in [-0.39, 0.29) is 6.61 Å². The highest BCUT2D eigenvalue weighted by atomic mass is 16.5. The quantitative estimate of drug-likeness (QED) is 0.679. The maximum atomic E-state index is 8.95. The van der Waals surface area contributed by atoms with E-state index >= 15 is 0 Å². The molecule has 0 atom stereocenters. The van der Waals surface area contributed by atoms with E-state index in [1.54, 1.807) is 0 Å². The fraction of sp³-hybridized carbons (Fsp3) is 0.571. The number of ether oxygens (including phenoxy) is 1. The predicted octanol–water partition coefficient (Wildman–Crippen LogP) is 1.99. The van der Waals surface area contributed by atoms with Crippen molar-refractivity contribution < 1.29 is 9.84 Å². The molecule has 0 saturated heterocycles. The lowest BCUT2D eigenvalue weighted by molar-refractivity contribution is 0.285. The van der Waals surface area contributed by atoms with Crippen molar-refractivity contribution in [1.82, 2.24) is 5.32 Å². The van der Waals surface area contributed by atoms with Gasteiger partial charge in [0.05, 0.1) is 6.61 Å². The lowest BCUT2D eigenvalue weighted by atomic mass is 10.1. The average Bonchev–Trinajstić information content (AvgIpc) is 2.31. The molecular formula is C14H23NO2. The van der Waals surface area contributed by atoms with Crippen LogP contribution in [0.5, 0.6) is 5.75 Å². The van der Waals surface area contributed by atoms with Crippen LogP contribution < -0.4 is 10.1 Å². The van der Waals surface area contributed by atoms with Gasteiger partial charge in [-0.15, -0.1) is 0 Å². The van der Waals surface area contributed by atoms with Crippen LogP contribution in [-0.2, 0) is 6.42 Å². The summed E-state index contributed by atoms with van der Waals surface area (Å²) in [5, 5.41) is 12.3. The van der Waals surface area contributed by atoms with Crippen LogP contribution in [0.2, 0.25) is 0 Å². The van der Waals surface area contributed by atoms with Crippen molar-refractivity contribution in [2.45, 2.75) is 32.7 Å². The van der Waals surface area contributed by atoms with Gasteiger partial charge in [-0.2, -0.15) is 0 Å². The largest absolute Gasteiger partial charge is 0.493 e. The minimum absolute atomic E-state index is 0.162. The molecule has 2 N–H and O–H groups in total. The number of nitrogens with one attached hydrogen (secondary N) is 1. The molecule has 0 unspecified atom stereocenters. The number of aliphatic hydroxyl groups is 1. The molecule has 0 heterocycles. The van der Waals surface area contributed by atoms with Crippen molar-refractivity contribution in [2.75, 3.05) is 19.8 Å². The first kappa shape index (κ1) is 14.0. The van der Waals surface area contributed by atoms with Crippen molar-refractivity contribution in [3.8, 4) is 5.75 Å². The van der Waals surface area contributed by atoms with Gasteiger partial charge >= 0.3 is 0 Å². The van der Waals surface area contributed by atoms with E-state index in [0.717, 1.165) is 24.3 Å². The van der Waals surface area contributed by atoms with Gasteiger partial charge in [-0.3, -0.25) is 0 Å². The maximum Gasteiger partial charge on any atom is 0.122 e. The van der Waals surface area contributed by atoms with Gasteiger partial charge in [0.2, 0.25) is 0 Å². The summed E-state index contributed by atoms with van der Waals surface area (Å²) < 4.78 is 5.72. The summed E-state index contributed by atoms with van der Waals surface area (Å²) >= 11 is 0. The highest BCUT2D eigenvalue weighted by molar-refractivity contribution is 5.33. The molecule has 3 heteroatoms. The van der Waals surface area contributed by atoms with E-state index in [0.29, 0.717) is 19.1 Å². The molecule has 0 bridgehead atoms. The maximum absolute atomic E-state index is 8.95. The Bertz CT molecular complexity index is 313. The molecule has 17 heavy (non-hydrogen) atoms. The number of para-hydroxylation sites is 1. The zero-order valence-corrected chi connectivity index (χ0v) is 10.8. The number of benzene rings is 1. The smallest absolute Gasteiger partial charge is 0.122 e. The Morgan fingerprint density at radius 1 is 1.29 bits per heavy atom. The van der Waals surface area contributed by atoms with Crippen molar-refractivity contribution in [3.05, 3.63) is 29.8 Å². The third-order valence-electron chi connectivity index (χ3n) is 2.49. The molecule has 0 aliphatic carbocycles. The molecule has 3 nitrogen and oxygen atoms in total. The molecule has 0 fully saturated rings. The monoisotopic (exact) mass is 237 g/mol. The Hall–Kier alpha value is -1.06. The zero-order chi connectivity index (χ0) is 12.5. The Morgan fingerprint density at radius 3 is 2.76 bits per heavy atom. The van der Waals surface area contributed by atoms with Crippen LogP contribution in [0, 0.1) is 0 Å². The second-order valence-corrected chi connectivity index (χ2v) is 4.39. The van der Waals surface area contributed by atoms with Crippen LogP contribution in [0.1, 0.15) is 25.8 Å². The summed E-state index contributed by atoms with van der Waals surface area (Å²) in [5.74, 6) is 0.895. The third kappa shape index (κ3) is 5.71. The van der Waals surface area contributed by atoms with Crippen LogP contribution in [0.3, 0.4) is 0 Å². The summed E-state index contributed by atoms with van der Waals surface area (Å²) in [4.78, 5) is 0. The molecule has 96 valence electrons. The molecule has 0 radical (unpaired) electrons. The molecule has 1 rings (SSSR count). The summed E-state index contributed by atoms with van der Waals surface area (Å²) in [6.07, 6.45) is 1.64. The molecule has 0 aliphatic rings. The van der Waals surface area contributed by atoms with E-state index in [1.807, 2.05) is 24.3 Å². The van der Waals surface area contributed by atoms with Gasteiger partial charge in [-0.1, -0.05) is 32.0 Å². The van der Waals surface area contributed by atoms with Crippen LogP contribution in [0.15, 0.2) is 24.3 Å². The molecule has 0 aromatic heterocycles. The Morgan fingerprint density at radius 2 is 2.06 bits per heavy atom. The van der Waals surface area contributed by atoms with E-state index in [2.05, 4.69) is 19.2 Å². The van der Waals surface area contributed by atoms with Crippen molar-refractivity contribution in [1.29, 1.82) is 0 Å². The van der Waals surface area contributed by atoms with E-state index in [9.17, 15) is 0 Å². The van der Waals surface area contributed by atoms with Crippen LogP contribution in [-0.4, -0.2) is 30.9 Å². The number of rotatable bonds is 8. The highest BCUT2D eigenvalue weighted by Gasteiger charge is 2.01. The molecular weight excluding hydrogens is 214 g/mol. The van der Waals surface area contributed by atoms with Crippen molar-refractivity contribution in [2.24, 2.45) is 0 Å². The molecule has 0 saturated carbocycles. The van der Waals surface area contributed by atoms with Gasteiger partial charge in [0.15, 0.2) is 0 Å². The second-order valence-electron chi connectivity index (χ2n) is 4.39. The fourth-order valence-corrected chi connectivity index (χ4v) is 1.62. The topological polar surface area (TPSA) is 41.5 Å². The first-order valence-corrected chi connectivity index (χ1v) is 6.29. The third-order valence-corrected chi connectivity index (χ3v) is 2.49. The lowest BCUT2D eigenvalue weighted by Crippen LogP contribution is -2.24. The molecule has 1 aromatic rings. The Labute approximate surface area is 104 Å². The lowest BCUT2D eigenvalue weighted by Gasteiger charge is -2.11. The van der Waals surface area contributed by atoms with Gasteiger partial charge in [0.25, 0.3) is 0 Å². The molecule has 0 aliphatic heterocycles. The molecule has 1 aromatic carbocycles. The summed E-state index contributed by atoms with van der Waals surface area (Å²) in [6, 6.07) is 8.41. The number of aliphatic hydroxyl groups excluding tert-OH is 1. The van der Waals surface area contributed by atoms with Gasteiger partial charge in [0, 0.05) is 12.6 Å². The van der Waals surface area contributed by atoms with E-state index in [1.165, 1.54) is 0 Å². The van der Waals surface area contributed by atoms with Crippen LogP contribution in [0.25, 0.3) is 0 Å². The van der Waals surface area contributed by atoms with Crippen molar-refractivity contribution >= 4 is 0 Å². The fourth-order valence-electron chi connectivity index (χ4n) is 1.62. The Kier molecular flexibility index (Phi) is 6.67. The van der Waals surface area contributed by atoms with Crippen LogP contribution >= 0.6 is 0 Å². The van der Waals surface area contributed by atoms with Gasteiger partial charge in [-0.25, -0.2) is 0 Å². The normalized spacial score (nSPS) is 10.8. The summed E-state index contributed by atoms with van der Waals surface area (Å²) in [5.41, 5.74) is 1.08. The SMILES string of the molecule is CC(C)NCCCOc1ccccc1CCO. The first-order valence-electron chi connectivity index (χ1n) is 6.29. The van der Waals surface area contributed by atoms with E-state index < -0.39 is 0 Å². The van der Waals surface area contributed by atoms with E-state index in [4.69, 9.17) is 9.84 Å². The number of hydrogen-bond acceptors (Lipinski definition) is 3. The van der Waals surface area contributed by atoms with Crippen molar-refractivity contribution in [3.63, 3.8) is 0 Å².